The lowest BCUT2D eigenvalue weighted by atomic mass is 9.64. The molecule has 0 unspecified atom stereocenters. The number of esters is 1. The Morgan fingerprint density at radius 2 is 1.70 bits per heavy atom. The lowest BCUT2D eigenvalue weighted by Gasteiger charge is -2.43. The van der Waals surface area contributed by atoms with Gasteiger partial charge in [0.15, 0.2) is 6.61 Å². The van der Waals surface area contributed by atoms with Crippen molar-refractivity contribution in [3.8, 4) is 0 Å². The molecule has 0 bridgehead atoms. The largest absolute Gasteiger partial charge is 0.454 e. The molecule has 1 aliphatic carbocycles. The van der Waals surface area contributed by atoms with Gasteiger partial charge in [0.2, 0.25) is 0 Å². The number of carbonyl (C=O) groups is 4. The summed E-state index contributed by atoms with van der Waals surface area (Å²) >= 11 is 0. The van der Waals surface area contributed by atoms with Gasteiger partial charge in [0, 0.05) is 13.1 Å². The van der Waals surface area contributed by atoms with E-state index in [2.05, 4.69) is 39.9 Å². The molecule has 2 heterocycles. The van der Waals surface area contributed by atoms with Gasteiger partial charge in [-0.1, -0.05) is 34.6 Å². The van der Waals surface area contributed by atoms with Gasteiger partial charge in [-0.15, -0.1) is 0 Å². The zero-order chi connectivity index (χ0) is 22.3. The molecule has 0 aromatic carbocycles. The fraction of sp³-hybridized carbons (Fsp3) is 0.818. The van der Waals surface area contributed by atoms with Crippen molar-refractivity contribution in [2.45, 2.75) is 65.8 Å². The van der Waals surface area contributed by atoms with Crippen molar-refractivity contribution in [2.75, 3.05) is 26.2 Å². The highest BCUT2D eigenvalue weighted by Gasteiger charge is 2.56. The summed E-state index contributed by atoms with van der Waals surface area (Å²) in [6.07, 6.45) is 3.17. The number of nitrogens with zero attached hydrogens (tertiary/aromatic N) is 2. The minimum atomic E-state index is -0.950. The van der Waals surface area contributed by atoms with Crippen molar-refractivity contribution < 1.29 is 23.9 Å². The standard InChI is InChI=1S/C22H35N3O5/c1-14-6-15(2)10-24(9-14)17(26)12-30-18(27)11-25-19(28)22(23-20(25)29)8-16(3)7-21(4,5)13-22/h14-16H,6-13H2,1-5H3,(H,23,29)/t14-,15+,16-,22+/m1/s1. The van der Waals surface area contributed by atoms with E-state index >= 15 is 0 Å². The third-order valence-electron chi connectivity index (χ3n) is 6.49. The summed E-state index contributed by atoms with van der Waals surface area (Å²) in [7, 11) is 0. The van der Waals surface area contributed by atoms with E-state index in [1.54, 1.807) is 4.90 Å². The second-order valence-corrected chi connectivity index (χ2v) is 10.7. The van der Waals surface area contributed by atoms with E-state index < -0.39 is 24.1 Å². The number of piperidine rings is 1. The maximum Gasteiger partial charge on any atom is 0.326 e. The van der Waals surface area contributed by atoms with Gasteiger partial charge >= 0.3 is 12.0 Å². The number of nitrogens with one attached hydrogen (secondary N) is 1. The molecular formula is C22H35N3O5. The lowest BCUT2D eigenvalue weighted by Crippen LogP contribution is -2.54. The van der Waals surface area contributed by atoms with Crippen LogP contribution in [0.25, 0.3) is 0 Å². The Morgan fingerprint density at radius 1 is 1.07 bits per heavy atom. The Kier molecular flexibility index (Phi) is 6.16. The van der Waals surface area contributed by atoms with E-state index in [0.717, 1.165) is 17.7 Å². The maximum atomic E-state index is 13.1. The molecule has 3 aliphatic rings. The van der Waals surface area contributed by atoms with Crippen molar-refractivity contribution in [1.29, 1.82) is 0 Å². The zero-order valence-electron chi connectivity index (χ0n) is 18.8. The third-order valence-corrected chi connectivity index (χ3v) is 6.49. The van der Waals surface area contributed by atoms with Gasteiger partial charge in [0.1, 0.15) is 12.1 Å². The molecule has 168 valence electrons. The molecule has 2 saturated heterocycles. The Labute approximate surface area is 178 Å². The minimum absolute atomic E-state index is 0.0771. The number of ether oxygens (including phenoxy) is 1. The molecule has 3 fully saturated rings. The van der Waals surface area contributed by atoms with E-state index in [4.69, 9.17) is 4.74 Å². The molecule has 1 saturated carbocycles. The number of carbonyl (C=O) groups excluding carboxylic acids is 4. The second-order valence-electron chi connectivity index (χ2n) is 10.7. The summed E-state index contributed by atoms with van der Waals surface area (Å²) in [5, 5.41) is 2.84. The van der Waals surface area contributed by atoms with Crippen molar-refractivity contribution >= 4 is 23.8 Å². The molecule has 30 heavy (non-hydrogen) atoms. The van der Waals surface area contributed by atoms with Gasteiger partial charge in [0.25, 0.3) is 11.8 Å². The van der Waals surface area contributed by atoms with Gasteiger partial charge in [-0.25, -0.2) is 4.79 Å². The number of imide groups is 1. The Balaban J connectivity index is 1.56. The minimum Gasteiger partial charge on any atom is -0.454 e. The summed E-state index contributed by atoms with van der Waals surface area (Å²) in [5.74, 6) is -0.232. The van der Waals surface area contributed by atoms with Crippen LogP contribution in [0.3, 0.4) is 0 Å². The van der Waals surface area contributed by atoms with Gasteiger partial charge in [-0.05, 0) is 48.9 Å². The van der Waals surface area contributed by atoms with Gasteiger partial charge < -0.3 is 15.0 Å². The predicted molar refractivity (Wildman–Crippen MR) is 110 cm³/mol. The molecule has 4 atom stereocenters. The smallest absolute Gasteiger partial charge is 0.326 e. The molecule has 0 aromatic heterocycles. The SMILES string of the molecule is C[C@@H]1C[C@H](C)CN(C(=O)COC(=O)CN2C(=O)N[C@]3(C[C@H](C)CC(C)(C)C3)C2=O)C1. The third kappa shape index (κ3) is 4.78. The monoisotopic (exact) mass is 421 g/mol. The van der Waals surface area contributed by atoms with Crippen LogP contribution in [0.5, 0.6) is 0 Å². The first kappa shape index (κ1) is 22.6. The highest BCUT2D eigenvalue weighted by molar-refractivity contribution is 6.08. The van der Waals surface area contributed by atoms with Crippen LogP contribution in [-0.4, -0.2) is 65.4 Å². The van der Waals surface area contributed by atoms with Crippen LogP contribution < -0.4 is 5.32 Å². The van der Waals surface area contributed by atoms with Crippen LogP contribution in [0, 0.1) is 23.2 Å². The molecule has 2 aliphatic heterocycles. The number of likely N-dealkylation sites (tertiary alicyclic amines) is 1. The molecule has 0 radical (unpaired) electrons. The number of rotatable bonds is 4. The topological polar surface area (TPSA) is 96.0 Å². The van der Waals surface area contributed by atoms with Crippen LogP contribution in [0.2, 0.25) is 0 Å². The van der Waals surface area contributed by atoms with Gasteiger partial charge in [0.05, 0.1) is 0 Å². The fourth-order valence-electron chi connectivity index (χ4n) is 5.92. The highest BCUT2D eigenvalue weighted by Crippen LogP contribution is 2.46. The van der Waals surface area contributed by atoms with Gasteiger partial charge in [-0.3, -0.25) is 19.3 Å². The fourth-order valence-corrected chi connectivity index (χ4v) is 5.92. The van der Waals surface area contributed by atoms with E-state index in [0.29, 0.717) is 37.8 Å². The Hall–Kier alpha value is -2.12. The molecule has 1 spiro atoms. The number of hydrogen-bond donors (Lipinski definition) is 1. The van der Waals surface area contributed by atoms with Crippen LogP contribution in [0.1, 0.15) is 60.3 Å². The molecular weight excluding hydrogens is 386 g/mol. The maximum absolute atomic E-state index is 13.1. The Morgan fingerprint density at radius 3 is 2.30 bits per heavy atom. The second kappa shape index (κ2) is 8.19. The van der Waals surface area contributed by atoms with Crippen molar-refractivity contribution in [2.24, 2.45) is 23.2 Å². The average Bonchev–Trinajstić information content (AvgIpc) is 2.80. The summed E-state index contributed by atoms with van der Waals surface area (Å²) in [4.78, 5) is 52.9. The van der Waals surface area contributed by atoms with Crippen LogP contribution >= 0.6 is 0 Å². The Bertz CT molecular complexity index is 726. The number of hydrogen-bond acceptors (Lipinski definition) is 5. The molecule has 4 amide bonds. The molecule has 8 heteroatoms. The molecule has 1 N–H and O–H groups in total. The van der Waals surface area contributed by atoms with E-state index in [1.807, 2.05) is 0 Å². The molecule has 0 aromatic rings. The summed E-state index contributed by atoms with van der Waals surface area (Å²) in [6, 6.07) is -0.563. The van der Waals surface area contributed by atoms with E-state index in [9.17, 15) is 19.2 Å². The molecule has 3 rings (SSSR count). The number of amides is 4. The van der Waals surface area contributed by atoms with Crippen molar-refractivity contribution in [3.63, 3.8) is 0 Å². The van der Waals surface area contributed by atoms with Crippen molar-refractivity contribution in [3.05, 3.63) is 0 Å². The average molecular weight is 422 g/mol. The van der Waals surface area contributed by atoms with E-state index in [-0.39, 0.29) is 29.8 Å². The van der Waals surface area contributed by atoms with Crippen LogP contribution in [-0.2, 0) is 19.1 Å². The zero-order valence-corrected chi connectivity index (χ0v) is 18.8. The highest BCUT2D eigenvalue weighted by atomic mass is 16.5. The summed E-state index contributed by atoms with van der Waals surface area (Å²) in [5.41, 5.74) is -1.03. The van der Waals surface area contributed by atoms with Crippen molar-refractivity contribution in [1.82, 2.24) is 15.1 Å². The predicted octanol–water partition coefficient (Wildman–Crippen LogP) is 2.17. The first-order valence-corrected chi connectivity index (χ1v) is 11.0. The first-order valence-electron chi connectivity index (χ1n) is 11.0. The lowest BCUT2D eigenvalue weighted by molar-refractivity contribution is -0.155. The van der Waals surface area contributed by atoms with E-state index in [1.165, 1.54) is 0 Å². The van der Waals surface area contributed by atoms with Crippen LogP contribution in [0.15, 0.2) is 0 Å². The quantitative estimate of drug-likeness (QED) is 0.554. The van der Waals surface area contributed by atoms with Gasteiger partial charge in [-0.2, -0.15) is 0 Å². The summed E-state index contributed by atoms with van der Waals surface area (Å²) in [6.45, 7) is 10.9. The first-order chi connectivity index (χ1) is 13.9. The van der Waals surface area contributed by atoms with Crippen LogP contribution in [0.4, 0.5) is 4.79 Å². The number of urea groups is 1. The molecule has 8 nitrogen and oxygen atoms in total. The normalized spacial score (nSPS) is 33.6. The summed E-state index contributed by atoms with van der Waals surface area (Å²) < 4.78 is 5.12.